The lowest BCUT2D eigenvalue weighted by Crippen LogP contribution is -2.07. The van der Waals surface area contributed by atoms with Gasteiger partial charge in [0.1, 0.15) is 5.15 Å². The Balaban J connectivity index is 2.02. The molecular weight excluding hydrogens is 348 g/mol. The molecule has 2 nitrogen and oxygen atoms in total. The molecule has 0 amide bonds. The van der Waals surface area contributed by atoms with Crippen molar-refractivity contribution in [3.05, 3.63) is 57.3 Å². The molecule has 0 fully saturated rings. The molecule has 0 saturated carbocycles. The van der Waals surface area contributed by atoms with E-state index in [0.29, 0.717) is 5.15 Å². The zero-order valence-corrected chi connectivity index (χ0v) is 14.7. The third-order valence-corrected chi connectivity index (χ3v) is 4.61. The molecule has 2 aromatic rings. The Morgan fingerprint density at radius 3 is 2.62 bits per heavy atom. The number of anilines is 1. The Bertz CT molecular complexity index is 584. The summed E-state index contributed by atoms with van der Waals surface area (Å²) in [5.41, 5.74) is 3.62. The summed E-state index contributed by atoms with van der Waals surface area (Å²) in [6.07, 6.45) is 5.39. The lowest BCUT2D eigenvalue weighted by molar-refractivity contribution is 0.793. The molecule has 0 bridgehead atoms. The highest BCUT2D eigenvalue weighted by molar-refractivity contribution is 9.10. The van der Waals surface area contributed by atoms with E-state index in [1.54, 1.807) is 6.20 Å². The van der Waals surface area contributed by atoms with Gasteiger partial charge in [0.05, 0.1) is 16.4 Å². The smallest absolute Gasteiger partial charge is 0.143 e. The molecule has 0 radical (unpaired) electrons. The van der Waals surface area contributed by atoms with E-state index in [1.165, 1.54) is 24.0 Å². The highest BCUT2D eigenvalue weighted by Gasteiger charge is 2.07. The van der Waals surface area contributed by atoms with Gasteiger partial charge in [-0.3, -0.25) is 0 Å². The zero-order chi connectivity index (χ0) is 15.2. The molecule has 1 aromatic heterocycles. The predicted molar refractivity (Wildman–Crippen MR) is 94.0 cm³/mol. The van der Waals surface area contributed by atoms with E-state index in [0.717, 1.165) is 16.6 Å². The standard InChI is InChI=1S/C17H20BrClN2/c1-3-4-5-13-6-8-14(9-7-13)12(2)21-15-10-16(18)17(19)20-11-15/h6-12,21H,3-5H2,1-2H3. The average Bonchev–Trinajstić information content (AvgIpc) is 2.49. The van der Waals surface area contributed by atoms with E-state index in [2.05, 4.69) is 64.3 Å². The largest absolute Gasteiger partial charge is 0.377 e. The van der Waals surface area contributed by atoms with E-state index in [9.17, 15) is 0 Å². The molecule has 1 heterocycles. The molecule has 1 aromatic carbocycles. The van der Waals surface area contributed by atoms with E-state index in [4.69, 9.17) is 11.6 Å². The first kappa shape index (κ1) is 16.3. The van der Waals surface area contributed by atoms with Crippen LogP contribution in [0.5, 0.6) is 0 Å². The minimum absolute atomic E-state index is 0.222. The fraction of sp³-hybridized carbons (Fsp3) is 0.353. The van der Waals surface area contributed by atoms with Gasteiger partial charge < -0.3 is 5.32 Å². The van der Waals surface area contributed by atoms with Gasteiger partial charge in [-0.1, -0.05) is 49.2 Å². The molecule has 0 aliphatic rings. The molecule has 0 aliphatic heterocycles. The van der Waals surface area contributed by atoms with Crippen LogP contribution in [0.2, 0.25) is 5.15 Å². The van der Waals surface area contributed by atoms with Crippen molar-refractivity contribution in [2.75, 3.05) is 5.32 Å². The molecule has 4 heteroatoms. The topological polar surface area (TPSA) is 24.9 Å². The number of aryl methyl sites for hydroxylation is 1. The number of rotatable bonds is 6. The molecule has 0 saturated heterocycles. The van der Waals surface area contributed by atoms with Gasteiger partial charge in [-0.2, -0.15) is 0 Å². The predicted octanol–water partition coefficient (Wildman–Crippen LogP) is 6.01. The Morgan fingerprint density at radius 1 is 1.29 bits per heavy atom. The molecule has 0 spiro atoms. The van der Waals surface area contributed by atoms with Crippen molar-refractivity contribution >= 4 is 33.2 Å². The Morgan fingerprint density at radius 2 is 2.00 bits per heavy atom. The number of aromatic nitrogens is 1. The molecule has 1 unspecified atom stereocenters. The first-order valence-corrected chi connectivity index (χ1v) is 8.43. The van der Waals surface area contributed by atoms with Gasteiger partial charge in [-0.25, -0.2) is 4.98 Å². The second kappa shape index (κ2) is 7.81. The van der Waals surface area contributed by atoms with Crippen LogP contribution in [0.3, 0.4) is 0 Å². The summed E-state index contributed by atoms with van der Waals surface area (Å²) in [6, 6.07) is 11.0. The molecule has 1 N–H and O–H groups in total. The maximum absolute atomic E-state index is 5.91. The highest BCUT2D eigenvalue weighted by atomic mass is 79.9. The van der Waals surface area contributed by atoms with E-state index in [1.807, 2.05) is 6.07 Å². The van der Waals surface area contributed by atoms with Crippen LogP contribution < -0.4 is 5.32 Å². The van der Waals surface area contributed by atoms with Crippen molar-refractivity contribution in [3.63, 3.8) is 0 Å². The van der Waals surface area contributed by atoms with Crippen LogP contribution in [0.15, 0.2) is 41.0 Å². The number of pyridine rings is 1. The van der Waals surface area contributed by atoms with Crippen LogP contribution in [-0.2, 0) is 6.42 Å². The molecule has 1 atom stereocenters. The first-order valence-electron chi connectivity index (χ1n) is 7.26. The van der Waals surface area contributed by atoms with Crippen LogP contribution in [0.4, 0.5) is 5.69 Å². The second-order valence-electron chi connectivity index (χ2n) is 5.21. The molecule has 21 heavy (non-hydrogen) atoms. The third-order valence-electron chi connectivity index (χ3n) is 3.48. The number of unbranched alkanes of at least 4 members (excludes halogenated alkanes) is 1. The number of nitrogens with zero attached hydrogens (tertiary/aromatic N) is 1. The van der Waals surface area contributed by atoms with Crippen LogP contribution in [0.1, 0.15) is 43.9 Å². The van der Waals surface area contributed by atoms with E-state index in [-0.39, 0.29) is 6.04 Å². The van der Waals surface area contributed by atoms with Crippen molar-refractivity contribution in [1.29, 1.82) is 0 Å². The Labute approximate surface area is 140 Å². The van der Waals surface area contributed by atoms with Crippen molar-refractivity contribution < 1.29 is 0 Å². The molecule has 112 valence electrons. The minimum Gasteiger partial charge on any atom is -0.377 e. The summed E-state index contributed by atoms with van der Waals surface area (Å²) in [5, 5.41) is 3.92. The highest BCUT2D eigenvalue weighted by Crippen LogP contribution is 2.25. The number of halogens is 2. The monoisotopic (exact) mass is 366 g/mol. The lowest BCUT2D eigenvalue weighted by atomic mass is 10.0. The van der Waals surface area contributed by atoms with Crippen molar-refractivity contribution in [3.8, 4) is 0 Å². The summed E-state index contributed by atoms with van der Waals surface area (Å²) in [7, 11) is 0. The Hall–Kier alpha value is -1.06. The van der Waals surface area contributed by atoms with E-state index < -0.39 is 0 Å². The Kier molecular flexibility index (Phi) is 6.07. The zero-order valence-electron chi connectivity index (χ0n) is 12.4. The van der Waals surface area contributed by atoms with Gasteiger partial charge in [-0.15, -0.1) is 0 Å². The fourth-order valence-electron chi connectivity index (χ4n) is 2.19. The van der Waals surface area contributed by atoms with E-state index >= 15 is 0 Å². The normalized spacial score (nSPS) is 12.2. The van der Waals surface area contributed by atoms with Crippen LogP contribution >= 0.6 is 27.5 Å². The van der Waals surface area contributed by atoms with Gasteiger partial charge in [-0.05, 0) is 52.9 Å². The van der Waals surface area contributed by atoms with Crippen LogP contribution in [0.25, 0.3) is 0 Å². The average molecular weight is 368 g/mol. The van der Waals surface area contributed by atoms with Gasteiger partial charge in [0.25, 0.3) is 0 Å². The summed E-state index contributed by atoms with van der Waals surface area (Å²) in [5.74, 6) is 0. The molecule has 2 rings (SSSR count). The van der Waals surface area contributed by atoms with Crippen molar-refractivity contribution in [2.24, 2.45) is 0 Å². The van der Waals surface area contributed by atoms with Crippen LogP contribution in [0, 0.1) is 0 Å². The van der Waals surface area contributed by atoms with Crippen LogP contribution in [-0.4, -0.2) is 4.98 Å². The van der Waals surface area contributed by atoms with Crippen molar-refractivity contribution in [1.82, 2.24) is 4.98 Å². The summed E-state index contributed by atoms with van der Waals surface area (Å²) < 4.78 is 0.802. The number of benzene rings is 1. The van der Waals surface area contributed by atoms with Gasteiger partial charge >= 0.3 is 0 Å². The summed E-state index contributed by atoms with van der Waals surface area (Å²) in [4.78, 5) is 4.13. The third kappa shape index (κ3) is 4.72. The number of hydrogen-bond acceptors (Lipinski definition) is 2. The maximum Gasteiger partial charge on any atom is 0.143 e. The lowest BCUT2D eigenvalue weighted by Gasteiger charge is -2.16. The second-order valence-corrected chi connectivity index (χ2v) is 6.42. The van der Waals surface area contributed by atoms with Gasteiger partial charge in [0.2, 0.25) is 0 Å². The van der Waals surface area contributed by atoms with Crippen molar-refractivity contribution in [2.45, 2.75) is 39.2 Å². The maximum atomic E-state index is 5.91. The SMILES string of the molecule is CCCCc1ccc(C(C)Nc2cnc(Cl)c(Br)c2)cc1. The minimum atomic E-state index is 0.222. The molecule has 0 aliphatic carbocycles. The number of nitrogens with one attached hydrogen (secondary N) is 1. The first-order chi connectivity index (χ1) is 10.1. The fourth-order valence-corrected chi connectivity index (χ4v) is 2.64. The summed E-state index contributed by atoms with van der Waals surface area (Å²) >= 11 is 9.30. The van der Waals surface area contributed by atoms with Gasteiger partial charge in [0, 0.05) is 6.04 Å². The quantitative estimate of drug-likeness (QED) is 0.632. The molecular formula is C17H20BrClN2. The van der Waals surface area contributed by atoms with Gasteiger partial charge in [0.15, 0.2) is 0 Å². The number of hydrogen-bond donors (Lipinski definition) is 1. The summed E-state index contributed by atoms with van der Waals surface area (Å²) in [6.45, 7) is 4.36.